The highest BCUT2D eigenvalue weighted by molar-refractivity contribution is 5.78. The fourth-order valence-corrected chi connectivity index (χ4v) is 2.91. The number of benzene rings is 1. The van der Waals surface area contributed by atoms with Gasteiger partial charge in [0, 0.05) is 40.4 Å². The van der Waals surface area contributed by atoms with Gasteiger partial charge >= 0.3 is 0 Å². The van der Waals surface area contributed by atoms with Crippen molar-refractivity contribution in [3.8, 4) is 0 Å². The first-order chi connectivity index (χ1) is 11.0. The van der Waals surface area contributed by atoms with Crippen LogP contribution in [0.25, 0.3) is 0 Å². The van der Waals surface area contributed by atoms with Crippen LogP contribution in [0.2, 0.25) is 0 Å². The molecule has 0 aliphatic carbocycles. The first kappa shape index (κ1) is 17.8. The topological polar surface area (TPSA) is 42.0 Å². The number of hydrogen-bond acceptors (Lipinski definition) is 4. The zero-order valence-corrected chi connectivity index (χ0v) is 14.0. The van der Waals surface area contributed by atoms with Crippen LogP contribution in [0.1, 0.15) is 12.0 Å². The molecule has 1 saturated heterocycles. The number of hydrogen-bond donors (Lipinski definition) is 0. The van der Waals surface area contributed by atoms with Crippen LogP contribution < -0.4 is 0 Å². The molecule has 1 aliphatic heterocycles. The molecule has 23 heavy (non-hydrogen) atoms. The summed E-state index contributed by atoms with van der Waals surface area (Å²) < 4.78 is 23.6. The standard InChI is InChI=1S/C17H25FN2O3/c1-19(9-13-4-6-14(18)7-5-13)17(21)11-20-10-16(23-3)8-15(20)12-22-2/h4-7,15-16H,8-12H2,1-3H3/t15-,16+/m0/s1. The first-order valence-corrected chi connectivity index (χ1v) is 7.77. The Balaban J connectivity index is 1.90. The number of rotatable bonds is 7. The van der Waals surface area contributed by atoms with Gasteiger partial charge in [0.25, 0.3) is 0 Å². The third-order valence-electron chi connectivity index (χ3n) is 4.28. The van der Waals surface area contributed by atoms with E-state index in [9.17, 15) is 9.18 Å². The molecule has 0 saturated carbocycles. The van der Waals surface area contributed by atoms with E-state index in [-0.39, 0.29) is 23.9 Å². The summed E-state index contributed by atoms with van der Waals surface area (Å²) in [5.41, 5.74) is 0.909. The summed E-state index contributed by atoms with van der Waals surface area (Å²) in [6.07, 6.45) is 1.02. The van der Waals surface area contributed by atoms with Crippen LogP contribution in [0.5, 0.6) is 0 Å². The van der Waals surface area contributed by atoms with Crippen molar-refractivity contribution in [3.63, 3.8) is 0 Å². The molecule has 1 aromatic carbocycles. The maximum Gasteiger partial charge on any atom is 0.236 e. The van der Waals surface area contributed by atoms with Gasteiger partial charge in [-0.15, -0.1) is 0 Å². The predicted octanol–water partition coefficient (Wildman–Crippen LogP) is 1.52. The van der Waals surface area contributed by atoms with E-state index < -0.39 is 0 Å². The number of amides is 1. The van der Waals surface area contributed by atoms with E-state index in [0.717, 1.165) is 18.5 Å². The summed E-state index contributed by atoms with van der Waals surface area (Å²) in [6.45, 7) is 2.14. The number of ether oxygens (including phenoxy) is 2. The lowest BCUT2D eigenvalue weighted by molar-refractivity contribution is -0.132. The van der Waals surface area contributed by atoms with Gasteiger partial charge in [-0.3, -0.25) is 9.69 Å². The van der Waals surface area contributed by atoms with Crippen LogP contribution in [-0.4, -0.2) is 68.8 Å². The fourth-order valence-electron chi connectivity index (χ4n) is 2.91. The van der Waals surface area contributed by atoms with E-state index in [4.69, 9.17) is 9.47 Å². The molecule has 1 aromatic rings. The van der Waals surface area contributed by atoms with Crippen LogP contribution in [0.4, 0.5) is 4.39 Å². The molecule has 2 rings (SSSR count). The predicted molar refractivity (Wildman–Crippen MR) is 85.5 cm³/mol. The number of methoxy groups -OCH3 is 2. The van der Waals surface area contributed by atoms with Gasteiger partial charge in [-0.2, -0.15) is 0 Å². The van der Waals surface area contributed by atoms with Crippen molar-refractivity contribution in [1.29, 1.82) is 0 Å². The van der Waals surface area contributed by atoms with Crippen LogP contribution in [0.3, 0.4) is 0 Å². The van der Waals surface area contributed by atoms with Gasteiger partial charge < -0.3 is 14.4 Å². The molecule has 1 fully saturated rings. The van der Waals surface area contributed by atoms with Gasteiger partial charge in [0.15, 0.2) is 0 Å². The lowest BCUT2D eigenvalue weighted by Gasteiger charge is -2.26. The van der Waals surface area contributed by atoms with Crippen LogP contribution >= 0.6 is 0 Å². The molecule has 0 N–H and O–H groups in total. The molecule has 0 unspecified atom stereocenters. The molecule has 0 radical (unpaired) electrons. The second kappa shape index (κ2) is 8.38. The minimum atomic E-state index is -0.271. The molecule has 2 atom stereocenters. The average molecular weight is 324 g/mol. The highest BCUT2D eigenvalue weighted by Gasteiger charge is 2.33. The van der Waals surface area contributed by atoms with Crippen molar-refractivity contribution in [3.05, 3.63) is 35.6 Å². The SMILES string of the molecule is COC[C@@H]1C[C@@H](OC)CN1CC(=O)N(C)Cc1ccc(F)cc1. The Kier molecular flexibility index (Phi) is 6.50. The third kappa shape index (κ3) is 4.99. The summed E-state index contributed by atoms with van der Waals surface area (Å²) in [5.74, 6) is -0.236. The highest BCUT2D eigenvalue weighted by Crippen LogP contribution is 2.20. The lowest BCUT2D eigenvalue weighted by Crippen LogP contribution is -2.42. The molecule has 1 heterocycles. The Morgan fingerprint density at radius 2 is 2.04 bits per heavy atom. The first-order valence-electron chi connectivity index (χ1n) is 7.77. The normalized spacial score (nSPS) is 21.6. The zero-order chi connectivity index (χ0) is 16.8. The number of likely N-dealkylation sites (N-methyl/N-ethyl adjacent to an activating group) is 1. The van der Waals surface area contributed by atoms with Gasteiger partial charge in [-0.1, -0.05) is 12.1 Å². The van der Waals surface area contributed by atoms with Gasteiger partial charge in [0.2, 0.25) is 5.91 Å². The Hall–Kier alpha value is -1.50. The molecular weight excluding hydrogens is 299 g/mol. The number of halogens is 1. The highest BCUT2D eigenvalue weighted by atomic mass is 19.1. The largest absolute Gasteiger partial charge is 0.383 e. The third-order valence-corrected chi connectivity index (χ3v) is 4.28. The van der Waals surface area contributed by atoms with Crippen molar-refractivity contribution in [2.75, 3.05) is 41.0 Å². The minimum Gasteiger partial charge on any atom is -0.383 e. The summed E-state index contributed by atoms with van der Waals surface area (Å²) >= 11 is 0. The monoisotopic (exact) mass is 324 g/mol. The fraction of sp³-hybridized carbons (Fsp3) is 0.588. The lowest BCUT2D eigenvalue weighted by atomic mass is 10.2. The Bertz CT molecular complexity index is 509. The smallest absolute Gasteiger partial charge is 0.236 e. The Morgan fingerprint density at radius 1 is 1.35 bits per heavy atom. The number of carbonyl (C=O) groups is 1. The maximum absolute atomic E-state index is 12.9. The molecule has 6 heteroatoms. The van der Waals surface area contributed by atoms with E-state index in [1.807, 2.05) is 0 Å². The molecule has 0 aromatic heterocycles. The van der Waals surface area contributed by atoms with Gasteiger partial charge in [0.1, 0.15) is 5.82 Å². The van der Waals surface area contributed by atoms with E-state index in [1.165, 1.54) is 12.1 Å². The second-order valence-corrected chi connectivity index (χ2v) is 6.01. The van der Waals surface area contributed by atoms with E-state index >= 15 is 0 Å². The van der Waals surface area contributed by atoms with E-state index in [1.54, 1.807) is 38.3 Å². The van der Waals surface area contributed by atoms with Gasteiger partial charge in [0.05, 0.1) is 19.3 Å². The molecule has 128 valence electrons. The average Bonchev–Trinajstić information content (AvgIpc) is 2.92. The molecule has 5 nitrogen and oxygen atoms in total. The van der Waals surface area contributed by atoms with Gasteiger partial charge in [-0.25, -0.2) is 4.39 Å². The summed E-state index contributed by atoms with van der Waals surface area (Å²) in [5, 5.41) is 0. The number of nitrogens with zero attached hydrogens (tertiary/aromatic N) is 2. The van der Waals surface area contributed by atoms with E-state index in [2.05, 4.69) is 4.90 Å². The number of carbonyl (C=O) groups excluding carboxylic acids is 1. The quantitative estimate of drug-likeness (QED) is 0.763. The molecule has 0 spiro atoms. The minimum absolute atomic E-state index is 0.0344. The summed E-state index contributed by atoms with van der Waals surface area (Å²) in [7, 11) is 5.13. The van der Waals surface area contributed by atoms with Gasteiger partial charge in [-0.05, 0) is 24.1 Å². The summed E-state index contributed by atoms with van der Waals surface area (Å²) in [6, 6.07) is 6.42. The Morgan fingerprint density at radius 3 is 2.65 bits per heavy atom. The summed E-state index contributed by atoms with van der Waals surface area (Å²) in [4.78, 5) is 16.2. The molecule has 1 aliphatic rings. The maximum atomic E-state index is 12.9. The molecule has 1 amide bonds. The van der Waals surface area contributed by atoms with Crippen LogP contribution in [0.15, 0.2) is 24.3 Å². The Labute approximate surface area is 137 Å². The second-order valence-electron chi connectivity index (χ2n) is 6.01. The zero-order valence-electron chi connectivity index (χ0n) is 14.0. The van der Waals surface area contributed by atoms with Crippen LogP contribution in [-0.2, 0) is 20.8 Å². The van der Waals surface area contributed by atoms with Crippen molar-refractivity contribution >= 4 is 5.91 Å². The van der Waals surface area contributed by atoms with E-state index in [0.29, 0.717) is 19.7 Å². The van der Waals surface area contributed by atoms with Crippen LogP contribution in [0, 0.1) is 5.82 Å². The molecule has 0 bridgehead atoms. The van der Waals surface area contributed by atoms with Crippen molar-refractivity contribution in [2.45, 2.75) is 25.1 Å². The number of likely N-dealkylation sites (tertiary alicyclic amines) is 1. The van der Waals surface area contributed by atoms with Crippen molar-refractivity contribution < 1.29 is 18.7 Å². The molecular formula is C17H25FN2O3. The van der Waals surface area contributed by atoms with Crippen molar-refractivity contribution in [2.24, 2.45) is 0 Å². The van der Waals surface area contributed by atoms with Crippen molar-refractivity contribution in [1.82, 2.24) is 9.80 Å².